The van der Waals surface area contributed by atoms with E-state index in [1.54, 1.807) is 0 Å². The molecule has 0 N–H and O–H groups in total. The van der Waals surface area contributed by atoms with Crippen molar-refractivity contribution < 1.29 is 4.74 Å². The van der Waals surface area contributed by atoms with E-state index in [2.05, 4.69) is 25.2 Å². The molecule has 14 heavy (non-hydrogen) atoms. The third kappa shape index (κ3) is 5.11. The van der Waals surface area contributed by atoms with Gasteiger partial charge in [0.25, 0.3) is 0 Å². The number of ether oxygens (including phenoxy) is 1. The normalized spacial score (nSPS) is 16.8. The maximum absolute atomic E-state index is 5.48. The molecule has 1 nitrogen and oxygen atoms in total. The number of unbranched alkanes of at least 4 members (excludes halogenated alkanes) is 4. The Morgan fingerprint density at radius 2 is 2.29 bits per heavy atom. The van der Waals surface area contributed by atoms with Gasteiger partial charge in [0.15, 0.2) is 0 Å². The summed E-state index contributed by atoms with van der Waals surface area (Å²) in [6.45, 7) is 3.14. The Hall–Kier alpha value is -0.720. The standard InChI is InChI=1S/C13H22O/c1-2-3-4-5-6-7-10-13-11-8-9-12-14-13/h7,10-11H,2-6,8-9,12H2,1H3/b10-7+. The summed E-state index contributed by atoms with van der Waals surface area (Å²) >= 11 is 0. The highest BCUT2D eigenvalue weighted by molar-refractivity contribution is 5.13. The van der Waals surface area contributed by atoms with E-state index in [4.69, 9.17) is 4.74 Å². The average Bonchev–Trinajstić information content (AvgIpc) is 2.25. The van der Waals surface area contributed by atoms with Gasteiger partial charge in [0.2, 0.25) is 0 Å². The molecule has 0 saturated heterocycles. The Bertz CT molecular complexity index is 191. The van der Waals surface area contributed by atoms with Gasteiger partial charge < -0.3 is 4.74 Å². The van der Waals surface area contributed by atoms with Crippen LogP contribution in [0.4, 0.5) is 0 Å². The van der Waals surface area contributed by atoms with Gasteiger partial charge in [0, 0.05) is 0 Å². The van der Waals surface area contributed by atoms with E-state index in [-0.39, 0.29) is 0 Å². The molecule has 1 aliphatic heterocycles. The van der Waals surface area contributed by atoms with E-state index in [0.717, 1.165) is 12.4 Å². The fourth-order valence-corrected chi connectivity index (χ4v) is 1.58. The zero-order valence-electron chi connectivity index (χ0n) is 9.30. The van der Waals surface area contributed by atoms with Gasteiger partial charge >= 0.3 is 0 Å². The summed E-state index contributed by atoms with van der Waals surface area (Å²) in [6, 6.07) is 0. The minimum atomic E-state index is 0.895. The molecule has 80 valence electrons. The van der Waals surface area contributed by atoms with Crippen LogP contribution in [0.5, 0.6) is 0 Å². The maximum Gasteiger partial charge on any atom is 0.114 e. The van der Waals surface area contributed by atoms with E-state index in [1.165, 1.54) is 44.9 Å². The SMILES string of the molecule is CCCCCC/C=C/C1=CCCCO1. The molecule has 0 spiro atoms. The fraction of sp³-hybridized carbons (Fsp3) is 0.692. The van der Waals surface area contributed by atoms with Gasteiger partial charge in [-0.3, -0.25) is 0 Å². The van der Waals surface area contributed by atoms with Gasteiger partial charge in [-0.15, -0.1) is 0 Å². The molecule has 0 unspecified atom stereocenters. The Morgan fingerprint density at radius 1 is 1.36 bits per heavy atom. The zero-order valence-corrected chi connectivity index (χ0v) is 9.30. The van der Waals surface area contributed by atoms with Crippen molar-refractivity contribution in [2.24, 2.45) is 0 Å². The summed E-state index contributed by atoms with van der Waals surface area (Å²) in [5, 5.41) is 0. The molecule has 0 aliphatic carbocycles. The van der Waals surface area contributed by atoms with Gasteiger partial charge in [0.1, 0.15) is 5.76 Å². The van der Waals surface area contributed by atoms with E-state index in [0.29, 0.717) is 0 Å². The first kappa shape index (κ1) is 11.4. The molecule has 0 aromatic rings. The monoisotopic (exact) mass is 194 g/mol. The molecule has 0 aromatic carbocycles. The lowest BCUT2D eigenvalue weighted by molar-refractivity contribution is 0.206. The molecule has 1 aliphatic rings. The van der Waals surface area contributed by atoms with Crippen LogP contribution >= 0.6 is 0 Å². The minimum Gasteiger partial charge on any atom is -0.494 e. The topological polar surface area (TPSA) is 9.23 Å². The molecule has 0 amide bonds. The summed E-state index contributed by atoms with van der Waals surface area (Å²) in [7, 11) is 0. The van der Waals surface area contributed by atoms with E-state index >= 15 is 0 Å². The van der Waals surface area contributed by atoms with Gasteiger partial charge in [-0.05, 0) is 37.8 Å². The second kappa shape index (κ2) is 7.66. The van der Waals surface area contributed by atoms with E-state index < -0.39 is 0 Å². The van der Waals surface area contributed by atoms with Crippen LogP contribution in [0, 0.1) is 0 Å². The Balaban J connectivity index is 2.04. The zero-order chi connectivity index (χ0) is 10.1. The average molecular weight is 194 g/mol. The lowest BCUT2D eigenvalue weighted by atomic mass is 10.1. The molecule has 1 heteroatoms. The smallest absolute Gasteiger partial charge is 0.114 e. The van der Waals surface area contributed by atoms with Crippen LogP contribution in [-0.2, 0) is 4.74 Å². The third-order valence-electron chi connectivity index (χ3n) is 2.47. The van der Waals surface area contributed by atoms with Gasteiger partial charge in [0.05, 0.1) is 6.61 Å². The molecule has 1 heterocycles. The first-order valence-corrected chi connectivity index (χ1v) is 5.93. The van der Waals surface area contributed by atoms with E-state index in [9.17, 15) is 0 Å². The van der Waals surface area contributed by atoms with Crippen molar-refractivity contribution in [1.82, 2.24) is 0 Å². The second-order valence-corrected chi connectivity index (χ2v) is 3.85. The van der Waals surface area contributed by atoms with Crippen molar-refractivity contribution in [2.45, 2.75) is 51.9 Å². The lowest BCUT2D eigenvalue weighted by Gasteiger charge is -2.11. The summed E-state index contributed by atoms with van der Waals surface area (Å²) < 4.78 is 5.48. The number of hydrogen-bond donors (Lipinski definition) is 0. The first-order valence-electron chi connectivity index (χ1n) is 5.93. The predicted octanol–water partition coefficient (Wildman–Crippen LogP) is 4.21. The largest absolute Gasteiger partial charge is 0.494 e. The Labute approximate surface area is 87.8 Å². The van der Waals surface area contributed by atoms with Crippen molar-refractivity contribution in [1.29, 1.82) is 0 Å². The minimum absolute atomic E-state index is 0.895. The molecular formula is C13H22O. The molecule has 0 aromatic heterocycles. The molecule has 0 radical (unpaired) electrons. The van der Waals surface area contributed by atoms with Crippen molar-refractivity contribution in [2.75, 3.05) is 6.61 Å². The highest BCUT2D eigenvalue weighted by atomic mass is 16.5. The van der Waals surface area contributed by atoms with Crippen LogP contribution in [0.25, 0.3) is 0 Å². The molecular weight excluding hydrogens is 172 g/mol. The van der Waals surface area contributed by atoms with Crippen LogP contribution in [0.3, 0.4) is 0 Å². The lowest BCUT2D eigenvalue weighted by Crippen LogP contribution is -1.98. The summed E-state index contributed by atoms with van der Waals surface area (Å²) in [6.07, 6.45) is 15.5. The van der Waals surface area contributed by atoms with Crippen LogP contribution in [0.2, 0.25) is 0 Å². The summed E-state index contributed by atoms with van der Waals surface area (Å²) in [5.74, 6) is 1.08. The quantitative estimate of drug-likeness (QED) is 0.576. The van der Waals surface area contributed by atoms with Gasteiger partial charge in [-0.25, -0.2) is 0 Å². The molecule has 0 fully saturated rings. The van der Waals surface area contributed by atoms with Crippen molar-refractivity contribution in [3.05, 3.63) is 24.0 Å². The number of hydrogen-bond acceptors (Lipinski definition) is 1. The summed E-state index contributed by atoms with van der Waals surface area (Å²) in [5.41, 5.74) is 0. The van der Waals surface area contributed by atoms with Gasteiger partial charge in [-0.1, -0.05) is 32.3 Å². The van der Waals surface area contributed by atoms with Crippen molar-refractivity contribution >= 4 is 0 Å². The fourth-order valence-electron chi connectivity index (χ4n) is 1.58. The highest BCUT2D eigenvalue weighted by Crippen LogP contribution is 2.11. The first-order chi connectivity index (χ1) is 6.93. The van der Waals surface area contributed by atoms with Crippen LogP contribution in [-0.4, -0.2) is 6.61 Å². The molecule has 1 rings (SSSR count). The third-order valence-corrected chi connectivity index (χ3v) is 2.47. The van der Waals surface area contributed by atoms with Crippen LogP contribution < -0.4 is 0 Å². The van der Waals surface area contributed by atoms with Crippen LogP contribution in [0.15, 0.2) is 24.0 Å². The second-order valence-electron chi connectivity index (χ2n) is 3.85. The van der Waals surface area contributed by atoms with Gasteiger partial charge in [-0.2, -0.15) is 0 Å². The van der Waals surface area contributed by atoms with Crippen LogP contribution in [0.1, 0.15) is 51.9 Å². The maximum atomic E-state index is 5.48. The highest BCUT2D eigenvalue weighted by Gasteiger charge is 1.98. The Morgan fingerprint density at radius 3 is 3.00 bits per heavy atom. The molecule has 0 atom stereocenters. The van der Waals surface area contributed by atoms with Crippen molar-refractivity contribution in [3.8, 4) is 0 Å². The number of rotatable bonds is 6. The predicted molar refractivity (Wildman–Crippen MR) is 61.2 cm³/mol. The number of allylic oxidation sites excluding steroid dienone is 3. The van der Waals surface area contributed by atoms with E-state index in [1.807, 2.05) is 0 Å². The molecule has 0 saturated carbocycles. The Kier molecular flexibility index (Phi) is 6.21. The summed E-state index contributed by atoms with van der Waals surface area (Å²) in [4.78, 5) is 0. The molecule has 0 bridgehead atoms. The van der Waals surface area contributed by atoms with Crippen molar-refractivity contribution in [3.63, 3.8) is 0 Å².